The Labute approximate surface area is 352 Å². The van der Waals surface area contributed by atoms with Crippen LogP contribution in [0.2, 0.25) is 0 Å². The largest absolute Gasteiger partial charge is 0.393 e. The van der Waals surface area contributed by atoms with Gasteiger partial charge in [-0.25, -0.2) is 0 Å². The fourth-order valence-electron chi connectivity index (χ4n) is 14.2. The summed E-state index contributed by atoms with van der Waals surface area (Å²) in [6.07, 6.45) is -13.1. The smallest absolute Gasteiger partial charge is 0.187 e. The lowest BCUT2D eigenvalue weighted by Gasteiger charge is -2.63. The van der Waals surface area contributed by atoms with Gasteiger partial charge in [0.2, 0.25) is 0 Å². The highest BCUT2D eigenvalue weighted by molar-refractivity contribution is 5.17. The van der Waals surface area contributed by atoms with E-state index in [1.165, 1.54) is 6.92 Å². The van der Waals surface area contributed by atoms with Gasteiger partial charge in [-0.15, -0.1) is 0 Å². The van der Waals surface area contributed by atoms with Crippen molar-refractivity contribution in [3.8, 4) is 0 Å². The zero-order chi connectivity index (χ0) is 42.8. The van der Waals surface area contributed by atoms with E-state index in [-0.39, 0.29) is 35.9 Å². The molecular formula is C44H70O16. The molecule has 9 aliphatic rings. The van der Waals surface area contributed by atoms with Crippen molar-refractivity contribution in [2.45, 2.75) is 203 Å². The Morgan fingerprint density at radius 2 is 1.38 bits per heavy atom. The molecule has 8 N–H and O–H groups in total. The number of aliphatic hydroxyl groups is 8. The van der Waals surface area contributed by atoms with Crippen LogP contribution in [0.15, 0.2) is 12.2 Å². The molecule has 0 aromatic carbocycles. The average Bonchev–Trinajstić information content (AvgIpc) is 3.66. The number of ether oxygens (including phenoxy) is 8. The average molecular weight is 855 g/mol. The molecule has 0 radical (unpaired) electrons. The van der Waals surface area contributed by atoms with Crippen molar-refractivity contribution in [3.05, 3.63) is 12.2 Å². The molecule has 0 amide bonds. The molecule has 60 heavy (non-hydrogen) atoms. The summed E-state index contributed by atoms with van der Waals surface area (Å²) in [5.74, 6) is 1.35. The fraction of sp³-hybridized carbons (Fsp3) is 0.955. The highest BCUT2D eigenvalue weighted by Crippen LogP contribution is 2.71. The zero-order valence-corrected chi connectivity index (χ0v) is 35.6. The van der Waals surface area contributed by atoms with Crippen LogP contribution in [0.25, 0.3) is 0 Å². The molecule has 16 nitrogen and oxygen atoms in total. The van der Waals surface area contributed by atoms with E-state index in [0.717, 1.165) is 50.5 Å². The lowest BCUT2D eigenvalue weighted by Crippen LogP contribution is -2.67. The molecule has 5 saturated heterocycles. The lowest BCUT2D eigenvalue weighted by atomic mass is 9.43. The molecule has 26 unspecified atom stereocenters. The minimum atomic E-state index is -1.71. The third kappa shape index (κ3) is 7.01. The third-order valence-electron chi connectivity index (χ3n) is 17.6. The summed E-state index contributed by atoms with van der Waals surface area (Å²) in [6, 6.07) is 0. The van der Waals surface area contributed by atoms with Crippen molar-refractivity contribution in [2.75, 3.05) is 13.2 Å². The molecule has 1 spiro atoms. The first-order valence-electron chi connectivity index (χ1n) is 22.7. The Morgan fingerprint density at radius 3 is 2.12 bits per heavy atom. The summed E-state index contributed by atoms with van der Waals surface area (Å²) in [5, 5.41) is 86.9. The van der Waals surface area contributed by atoms with Gasteiger partial charge < -0.3 is 78.7 Å². The van der Waals surface area contributed by atoms with Crippen LogP contribution in [0, 0.1) is 46.3 Å². The summed E-state index contributed by atoms with van der Waals surface area (Å²) in [7, 11) is 0. The van der Waals surface area contributed by atoms with Crippen molar-refractivity contribution < 1.29 is 78.7 Å². The molecule has 0 aromatic heterocycles. The van der Waals surface area contributed by atoms with Gasteiger partial charge in [-0.1, -0.05) is 32.9 Å². The fourth-order valence-corrected chi connectivity index (χ4v) is 14.2. The van der Waals surface area contributed by atoms with E-state index in [9.17, 15) is 40.9 Å². The van der Waals surface area contributed by atoms with Gasteiger partial charge in [0.05, 0.1) is 43.7 Å². The van der Waals surface area contributed by atoms with Crippen molar-refractivity contribution in [1.29, 1.82) is 0 Å². The first kappa shape index (κ1) is 44.3. The molecule has 16 heteroatoms. The molecule has 342 valence electrons. The number of fused-ring (bicyclic) bond motifs is 7. The molecule has 0 aromatic rings. The molecular weight excluding hydrogens is 784 g/mol. The normalized spacial score (nSPS) is 59.3. The molecule has 5 aliphatic heterocycles. The van der Waals surface area contributed by atoms with Gasteiger partial charge in [0.1, 0.15) is 54.9 Å². The monoisotopic (exact) mass is 854 g/mol. The maximum atomic E-state index is 11.6. The van der Waals surface area contributed by atoms with Gasteiger partial charge in [-0.05, 0) is 99.2 Å². The topological polar surface area (TPSA) is 236 Å². The first-order chi connectivity index (χ1) is 28.4. The van der Waals surface area contributed by atoms with Gasteiger partial charge in [0.15, 0.2) is 24.7 Å². The van der Waals surface area contributed by atoms with E-state index in [0.29, 0.717) is 37.2 Å². The third-order valence-corrected chi connectivity index (χ3v) is 17.6. The number of rotatable bonds is 6. The van der Waals surface area contributed by atoms with E-state index in [4.69, 9.17) is 37.9 Å². The van der Waals surface area contributed by atoms with Crippen LogP contribution in [-0.4, -0.2) is 164 Å². The van der Waals surface area contributed by atoms with Crippen molar-refractivity contribution in [2.24, 2.45) is 46.3 Å². The standard InChI is InChI=1S/C44H70O16/c1-18-9-12-44(54-16-18)19(2)30-28(60-44)15-26-24-8-7-22-13-23(45)14-29(43(22,6)25(24)10-11-42(26,30)5)57-41-38(59-40-36(52)34(50)31(47)20(3)55-40)37(32(48)21(4)56-41)58-39-35(51)33(49)27(46)17-53-39/h19-41,45-52H,1,7-17H2,2-6H3. The molecule has 0 bridgehead atoms. The van der Waals surface area contributed by atoms with Crippen molar-refractivity contribution >= 4 is 0 Å². The summed E-state index contributed by atoms with van der Waals surface area (Å²) >= 11 is 0. The van der Waals surface area contributed by atoms with Gasteiger partial charge in [-0.2, -0.15) is 0 Å². The summed E-state index contributed by atoms with van der Waals surface area (Å²) in [5.41, 5.74) is 0.797. The SMILES string of the molecule is C=C1CCC2(OC1)OC1CC3C4CCC5CC(O)CC(OC6OC(C)C(O)C(OC7OCC(O)C(O)C7O)C6OC6OC(C)C(O)C(O)C6O)C5(C)C4CCC3(C)C1C2C. The van der Waals surface area contributed by atoms with Gasteiger partial charge in [-0.3, -0.25) is 0 Å². The van der Waals surface area contributed by atoms with Crippen LogP contribution in [0.3, 0.4) is 0 Å². The first-order valence-corrected chi connectivity index (χ1v) is 22.7. The van der Waals surface area contributed by atoms with Gasteiger partial charge >= 0.3 is 0 Å². The van der Waals surface area contributed by atoms with Gasteiger partial charge in [0, 0.05) is 18.8 Å². The Morgan fingerprint density at radius 1 is 0.683 bits per heavy atom. The molecule has 4 saturated carbocycles. The maximum Gasteiger partial charge on any atom is 0.187 e. The van der Waals surface area contributed by atoms with Crippen LogP contribution >= 0.6 is 0 Å². The van der Waals surface area contributed by atoms with Gasteiger partial charge in [0.25, 0.3) is 0 Å². The number of hydrogen-bond donors (Lipinski definition) is 8. The molecule has 4 aliphatic carbocycles. The molecule has 5 heterocycles. The predicted octanol–water partition coefficient (Wildman–Crippen LogP) is 0.852. The Bertz CT molecular complexity index is 1560. The van der Waals surface area contributed by atoms with E-state index < -0.39 is 109 Å². The molecule has 26 atom stereocenters. The van der Waals surface area contributed by atoms with Crippen molar-refractivity contribution in [3.63, 3.8) is 0 Å². The molecule has 9 rings (SSSR count). The minimum absolute atomic E-state index is 0.0767. The van der Waals surface area contributed by atoms with Crippen molar-refractivity contribution in [1.82, 2.24) is 0 Å². The van der Waals surface area contributed by atoms with E-state index in [2.05, 4.69) is 27.4 Å². The quantitative estimate of drug-likeness (QED) is 0.173. The van der Waals surface area contributed by atoms with Crippen LogP contribution in [0.5, 0.6) is 0 Å². The van der Waals surface area contributed by atoms with E-state index in [1.54, 1.807) is 6.92 Å². The van der Waals surface area contributed by atoms with Crippen LogP contribution in [-0.2, 0) is 37.9 Å². The number of hydrogen-bond acceptors (Lipinski definition) is 16. The summed E-state index contributed by atoms with van der Waals surface area (Å²) in [4.78, 5) is 0. The minimum Gasteiger partial charge on any atom is -0.393 e. The Kier molecular flexibility index (Phi) is 12.0. The number of aliphatic hydroxyl groups excluding tert-OH is 8. The van der Waals surface area contributed by atoms with E-state index in [1.807, 2.05) is 0 Å². The highest BCUT2D eigenvalue weighted by atomic mass is 16.8. The lowest BCUT2D eigenvalue weighted by molar-refractivity contribution is -0.393. The van der Waals surface area contributed by atoms with E-state index >= 15 is 0 Å². The zero-order valence-electron chi connectivity index (χ0n) is 35.6. The van der Waals surface area contributed by atoms with Crippen LogP contribution in [0.4, 0.5) is 0 Å². The maximum absolute atomic E-state index is 11.6. The Hall–Kier alpha value is -0.900. The predicted molar refractivity (Wildman–Crippen MR) is 208 cm³/mol. The summed E-state index contributed by atoms with van der Waals surface area (Å²) in [6.45, 7) is 14.6. The second kappa shape index (κ2) is 16.2. The van der Waals surface area contributed by atoms with Crippen LogP contribution in [0.1, 0.15) is 92.4 Å². The highest BCUT2D eigenvalue weighted by Gasteiger charge is 2.70. The second-order valence-electron chi connectivity index (χ2n) is 20.7. The summed E-state index contributed by atoms with van der Waals surface area (Å²) < 4.78 is 51.0. The molecule has 9 fully saturated rings. The Balaban J connectivity index is 1.00. The van der Waals surface area contributed by atoms with Crippen LogP contribution < -0.4 is 0 Å². The second-order valence-corrected chi connectivity index (χ2v) is 20.7.